The molecule has 0 saturated carbocycles. The summed E-state index contributed by atoms with van der Waals surface area (Å²) in [6.07, 6.45) is 9.24. The van der Waals surface area contributed by atoms with Crippen LogP contribution in [0.5, 0.6) is 0 Å². The van der Waals surface area contributed by atoms with Gasteiger partial charge in [0.2, 0.25) is 0 Å². The second-order valence-electron chi connectivity index (χ2n) is 13.5. The van der Waals surface area contributed by atoms with E-state index in [1.54, 1.807) is 0 Å². The first-order valence-corrected chi connectivity index (χ1v) is 20.8. The molecule has 0 unspecified atom stereocenters. The van der Waals surface area contributed by atoms with E-state index < -0.39 is 6.04 Å². The van der Waals surface area contributed by atoms with Crippen LogP contribution in [0.1, 0.15) is 11.1 Å². The molecule has 2 aliphatic rings. The smallest absolute Gasteiger partial charge is 0.0745 e. The van der Waals surface area contributed by atoms with Gasteiger partial charge in [0.25, 0.3) is 0 Å². The third kappa shape index (κ3) is 5.17. The maximum atomic E-state index is 6.76. The van der Waals surface area contributed by atoms with E-state index in [2.05, 4.69) is 191 Å². The summed E-state index contributed by atoms with van der Waals surface area (Å²) in [7, 11) is 0. The second-order valence-corrected chi connectivity index (χ2v) is 17.9. The Morgan fingerprint density at radius 2 is 1.21 bits per heavy atom. The van der Waals surface area contributed by atoms with Gasteiger partial charge >= 0.3 is 0 Å². The highest BCUT2D eigenvalue weighted by Gasteiger charge is 2.35. The third-order valence-electron chi connectivity index (χ3n) is 10.5. The molecule has 0 fully saturated rings. The van der Waals surface area contributed by atoms with Crippen LogP contribution in [0.4, 0.5) is 34.1 Å². The average Bonchev–Trinajstić information content (AvgIpc) is 3.24. The number of rotatable bonds is 6. The Hall–Kier alpha value is -6.06. The molecule has 0 bridgehead atoms. The minimum absolute atomic E-state index is 0.857. The van der Waals surface area contributed by atoms with Crippen LogP contribution >= 0.6 is 6.04 Å². The monoisotopic (exact) mass is 715 g/mol. The fraction of sp³-hybridized carbons (Fsp3) is 0.0208. The highest BCUT2D eigenvalue weighted by Crippen LogP contribution is 2.58. The third-order valence-corrected chi connectivity index (χ3v) is 15.4. The zero-order valence-corrected chi connectivity index (χ0v) is 30.6. The first kappa shape index (κ1) is 31.7. The number of benzene rings is 7. The van der Waals surface area contributed by atoms with Crippen molar-refractivity contribution in [2.45, 2.75) is 6.42 Å². The van der Waals surface area contributed by atoms with Crippen molar-refractivity contribution in [1.82, 2.24) is 4.98 Å². The summed E-state index contributed by atoms with van der Waals surface area (Å²) < 4.78 is 0. The van der Waals surface area contributed by atoms with Gasteiger partial charge in [-0.1, -0.05) is 145 Å². The fourth-order valence-electron chi connectivity index (χ4n) is 8.14. The first-order chi connectivity index (χ1) is 26.2. The number of hydrogen-bond acceptors (Lipinski definition) is 4. The Kier molecular flexibility index (Phi) is 7.68. The molecule has 2 heterocycles. The highest BCUT2D eigenvalue weighted by molar-refractivity contribution is 8.25. The molecule has 1 aliphatic carbocycles. The number of pyridine rings is 1. The molecule has 0 atom stereocenters. The van der Waals surface area contributed by atoms with Gasteiger partial charge in [-0.05, 0) is 104 Å². The van der Waals surface area contributed by atoms with Crippen molar-refractivity contribution in [1.29, 1.82) is 0 Å². The van der Waals surface area contributed by atoms with Gasteiger partial charge in [-0.2, -0.15) is 0 Å². The summed E-state index contributed by atoms with van der Waals surface area (Å²) in [5, 5.41) is 6.12. The molecule has 252 valence electrons. The maximum Gasteiger partial charge on any atom is 0.0745 e. The van der Waals surface area contributed by atoms with E-state index in [-0.39, 0.29) is 0 Å². The summed E-state index contributed by atoms with van der Waals surface area (Å²) in [6, 6.07) is 58.8. The van der Waals surface area contributed by atoms with Crippen molar-refractivity contribution in [3.05, 3.63) is 199 Å². The van der Waals surface area contributed by atoms with Gasteiger partial charge in [0.15, 0.2) is 0 Å². The van der Waals surface area contributed by atoms with Crippen LogP contribution in [0.3, 0.4) is 0 Å². The lowest BCUT2D eigenvalue weighted by molar-refractivity contribution is 1.13. The summed E-state index contributed by atoms with van der Waals surface area (Å²) in [5.41, 5.74) is 11.6. The molecular formula is C48H34N3PS. The Morgan fingerprint density at radius 1 is 0.528 bits per heavy atom. The molecule has 7 aromatic carbocycles. The molecule has 0 spiro atoms. The standard InChI is InChI=1S/C48H34N3PS/c53-52(40-21-6-2-7-22-40,41-23-8-3-9-24-41)42-25-11-16-35(30-42)36-27-28-44-45(31-36)50(39-20-13-29-49-33-39)46-32-37-17-10-14-34-15-12-26-43(47(34)37)48(46)51(44)38-18-4-1-5-19-38/h1-25,27-33H,26H2. The van der Waals surface area contributed by atoms with Crippen LogP contribution in [0, 0.1) is 0 Å². The van der Waals surface area contributed by atoms with Gasteiger partial charge in [0.05, 0.1) is 34.6 Å². The van der Waals surface area contributed by atoms with E-state index in [0.717, 1.165) is 46.0 Å². The lowest BCUT2D eigenvalue weighted by Crippen LogP contribution is -2.26. The minimum Gasteiger partial charge on any atom is -0.306 e. The van der Waals surface area contributed by atoms with E-state index in [0.29, 0.717) is 0 Å². The van der Waals surface area contributed by atoms with Crippen molar-refractivity contribution in [2.75, 3.05) is 9.80 Å². The zero-order chi connectivity index (χ0) is 35.4. The van der Waals surface area contributed by atoms with Crippen LogP contribution in [0.2, 0.25) is 0 Å². The SMILES string of the molecule is S=P(c1ccccc1)(c1ccccc1)c1cccc(-c2ccc3c(c2)N(c2cccnc2)c2cc4cccc5c4c(c2N3c2ccccc2)CC=C5)c1. The predicted molar refractivity (Wildman–Crippen MR) is 229 cm³/mol. The molecule has 53 heavy (non-hydrogen) atoms. The Morgan fingerprint density at radius 3 is 1.94 bits per heavy atom. The number of anilines is 6. The molecule has 1 aliphatic heterocycles. The molecule has 0 radical (unpaired) electrons. The molecule has 0 saturated heterocycles. The van der Waals surface area contributed by atoms with E-state index in [9.17, 15) is 0 Å². The number of allylic oxidation sites excluding steroid dienone is 1. The van der Waals surface area contributed by atoms with Crippen molar-refractivity contribution in [3.8, 4) is 11.1 Å². The van der Waals surface area contributed by atoms with E-state index in [4.69, 9.17) is 11.8 Å². The Labute approximate surface area is 315 Å². The summed E-state index contributed by atoms with van der Waals surface area (Å²) in [4.78, 5) is 9.49. The van der Waals surface area contributed by atoms with Crippen molar-refractivity contribution < 1.29 is 0 Å². The normalized spacial score (nSPS) is 13.1. The van der Waals surface area contributed by atoms with Gasteiger partial charge in [-0.25, -0.2) is 0 Å². The quantitative estimate of drug-likeness (QED) is 0.160. The van der Waals surface area contributed by atoms with Crippen molar-refractivity contribution in [3.63, 3.8) is 0 Å². The lowest BCUT2D eigenvalue weighted by atomic mass is 9.88. The molecular weight excluding hydrogens is 682 g/mol. The first-order valence-electron chi connectivity index (χ1n) is 18.0. The van der Waals surface area contributed by atoms with E-state index >= 15 is 0 Å². The lowest BCUT2D eigenvalue weighted by Gasteiger charge is -2.42. The number of nitrogens with zero attached hydrogens (tertiary/aromatic N) is 3. The van der Waals surface area contributed by atoms with E-state index in [1.165, 1.54) is 43.5 Å². The van der Waals surface area contributed by atoms with Crippen molar-refractivity contribution in [2.24, 2.45) is 0 Å². The van der Waals surface area contributed by atoms with Gasteiger partial charge in [-0.3, -0.25) is 4.98 Å². The largest absolute Gasteiger partial charge is 0.306 e. The topological polar surface area (TPSA) is 19.4 Å². The van der Waals surface area contributed by atoms with Crippen LogP contribution in [-0.2, 0) is 18.2 Å². The van der Waals surface area contributed by atoms with Gasteiger partial charge < -0.3 is 9.80 Å². The van der Waals surface area contributed by atoms with E-state index in [1.807, 2.05) is 18.5 Å². The Balaban J connectivity index is 1.21. The van der Waals surface area contributed by atoms with Gasteiger partial charge in [0, 0.05) is 17.9 Å². The molecule has 3 nitrogen and oxygen atoms in total. The fourth-order valence-corrected chi connectivity index (χ4v) is 11.9. The highest BCUT2D eigenvalue weighted by atomic mass is 32.4. The van der Waals surface area contributed by atoms with Gasteiger partial charge in [-0.15, -0.1) is 0 Å². The Bertz CT molecular complexity index is 2690. The van der Waals surface area contributed by atoms with Crippen LogP contribution in [0.15, 0.2) is 188 Å². The number of fused-ring (bicyclic) bond motifs is 3. The molecule has 0 amide bonds. The second kappa shape index (κ2) is 12.9. The summed E-state index contributed by atoms with van der Waals surface area (Å²) in [5.74, 6) is 0. The summed E-state index contributed by atoms with van der Waals surface area (Å²) >= 11 is 6.76. The van der Waals surface area contributed by atoms with Crippen LogP contribution < -0.4 is 25.7 Å². The summed E-state index contributed by atoms with van der Waals surface area (Å²) in [6.45, 7) is 0. The van der Waals surface area contributed by atoms with Crippen LogP contribution in [-0.4, -0.2) is 4.98 Å². The minimum atomic E-state index is -2.33. The molecule has 10 rings (SSSR count). The zero-order valence-electron chi connectivity index (χ0n) is 28.9. The molecule has 8 aromatic rings. The maximum absolute atomic E-state index is 6.76. The molecule has 5 heteroatoms. The average molecular weight is 716 g/mol. The predicted octanol–water partition coefficient (Wildman–Crippen LogP) is 11.5. The number of aromatic nitrogens is 1. The van der Waals surface area contributed by atoms with Crippen molar-refractivity contribution >= 4 is 84.7 Å². The van der Waals surface area contributed by atoms with Crippen LogP contribution in [0.25, 0.3) is 28.0 Å². The molecule has 0 N–H and O–H groups in total. The number of para-hydroxylation sites is 1. The van der Waals surface area contributed by atoms with Gasteiger partial charge in [0.1, 0.15) is 0 Å². The number of hydrogen-bond donors (Lipinski definition) is 0. The molecule has 1 aromatic heterocycles.